The van der Waals surface area contributed by atoms with Gasteiger partial charge < -0.3 is 14.7 Å². The summed E-state index contributed by atoms with van der Waals surface area (Å²) in [6, 6.07) is 5.54. The first-order valence-electron chi connectivity index (χ1n) is 8.87. The molecule has 1 fully saturated rings. The highest BCUT2D eigenvalue weighted by atomic mass is 32.1. The highest BCUT2D eigenvalue weighted by Gasteiger charge is 2.17. The van der Waals surface area contributed by atoms with Crippen molar-refractivity contribution in [3.05, 3.63) is 29.3 Å². The fraction of sp³-hybridized carbons (Fsp3) is 0.556. The summed E-state index contributed by atoms with van der Waals surface area (Å²) in [6.07, 6.45) is 3.79. The maximum Gasteiger partial charge on any atom is 0.273 e. The fourth-order valence-electron chi connectivity index (χ4n) is 2.97. The standard InChI is InChI=1S/C18H24FN3O2S/c19-14-6-10-22(11-7-14)9-3-1-2-8-20-18(23)15-13-16(24-21-15)17-5-4-12-25-17/h4-5,12-14H,1-3,6-11H2,(H,20,23). The maximum absolute atomic E-state index is 13.1. The summed E-state index contributed by atoms with van der Waals surface area (Å²) in [5, 5.41) is 8.67. The molecule has 0 radical (unpaired) electrons. The monoisotopic (exact) mass is 365 g/mol. The SMILES string of the molecule is O=C(NCCCCCN1CCC(F)CC1)c1cc(-c2cccs2)on1. The van der Waals surface area contributed by atoms with Crippen LogP contribution in [0.5, 0.6) is 0 Å². The third kappa shape index (κ3) is 5.37. The van der Waals surface area contributed by atoms with E-state index in [4.69, 9.17) is 4.52 Å². The van der Waals surface area contributed by atoms with Crippen LogP contribution in [0.15, 0.2) is 28.1 Å². The van der Waals surface area contributed by atoms with Gasteiger partial charge in [0.25, 0.3) is 5.91 Å². The second-order valence-corrected chi connectivity index (χ2v) is 7.33. The average molecular weight is 365 g/mol. The molecule has 0 unspecified atom stereocenters. The summed E-state index contributed by atoms with van der Waals surface area (Å²) in [5.41, 5.74) is 0.317. The number of rotatable bonds is 8. The van der Waals surface area contributed by atoms with E-state index in [1.807, 2.05) is 17.5 Å². The number of alkyl halides is 1. The van der Waals surface area contributed by atoms with E-state index in [1.165, 1.54) is 0 Å². The van der Waals surface area contributed by atoms with Crippen molar-refractivity contribution in [2.45, 2.75) is 38.3 Å². The van der Waals surface area contributed by atoms with E-state index < -0.39 is 6.17 Å². The smallest absolute Gasteiger partial charge is 0.273 e. The van der Waals surface area contributed by atoms with E-state index in [0.717, 1.165) is 43.8 Å². The first-order chi connectivity index (χ1) is 12.2. The molecular weight excluding hydrogens is 341 g/mol. The normalized spacial score (nSPS) is 16.2. The molecule has 2 aromatic heterocycles. The number of nitrogens with one attached hydrogen (secondary N) is 1. The molecule has 1 aliphatic heterocycles. The number of likely N-dealkylation sites (tertiary alicyclic amines) is 1. The number of unbranched alkanes of at least 4 members (excludes halogenated alkanes) is 2. The van der Waals surface area contributed by atoms with Crippen LogP contribution in [0.25, 0.3) is 10.6 Å². The number of nitrogens with zero attached hydrogens (tertiary/aromatic N) is 2. The molecule has 5 nitrogen and oxygen atoms in total. The third-order valence-corrected chi connectivity index (χ3v) is 5.35. The Kier molecular flexibility index (Phi) is 6.58. The average Bonchev–Trinajstić information content (AvgIpc) is 3.30. The minimum absolute atomic E-state index is 0.198. The molecule has 0 spiro atoms. The van der Waals surface area contributed by atoms with Gasteiger partial charge in [0, 0.05) is 25.7 Å². The van der Waals surface area contributed by atoms with Gasteiger partial charge in [-0.2, -0.15) is 0 Å². The lowest BCUT2D eigenvalue weighted by Gasteiger charge is -2.28. The van der Waals surface area contributed by atoms with Crippen LogP contribution in [0.1, 0.15) is 42.6 Å². The molecule has 25 heavy (non-hydrogen) atoms. The predicted octanol–water partition coefficient (Wildman–Crippen LogP) is 3.74. The van der Waals surface area contributed by atoms with Crippen LogP contribution in [-0.2, 0) is 0 Å². The molecule has 0 atom stereocenters. The van der Waals surface area contributed by atoms with Gasteiger partial charge in [-0.15, -0.1) is 11.3 Å². The van der Waals surface area contributed by atoms with E-state index in [2.05, 4.69) is 15.4 Å². The number of aromatic nitrogens is 1. The zero-order valence-electron chi connectivity index (χ0n) is 14.2. The zero-order chi connectivity index (χ0) is 17.5. The molecule has 7 heteroatoms. The highest BCUT2D eigenvalue weighted by molar-refractivity contribution is 7.13. The van der Waals surface area contributed by atoms with Crippen molar-refractivity contribution >= 4 is 17.2 Å². The Morgan fingerprint density at radius 1 is 1.36 bits per heavy atom. The fourth-order valence-corrected chi connectivity index (χ4v) is 3.65. The van der Waals surface area contributed by atoms with E-state index >= 15 is 0 Å². The number of hydrogen-bond donors (Lipinski definition) is 1. The van der Waals surface area contributed by atoms with Crippen LogP contribution in [0.3, 0.4) is 0 Å². The van der Waals surface area contributed by atoms with E-state index in [1.54, 1.807) is 17.4 Å². The van der Waals surface area contributed by atoms with Crippen LogP contribution in [0.4, 0.5) is 4.39 Å². The maximum atomic E-state index is 13.1. The lowest BCUT2D eigenvalue weighted by molar-refractivity contribution is 0.0944. The van der Waals surface area contributed by atoms with Crippen molar-refractivity contribution in [2.24, 2.45) is 0 Å². The lowest BCUT2D eigenvalue weighted by atomic mass is 10.1. The minimum Gasteiger partial charge on any atom is -0.355 e. The Labute approximate surface area is 151 Å². The van der Waals surface area contributed by atoms with Crippen molar-refractivity contribution in [3.8, 4) is 10.6 Å². The van der Waals surface area contributed by atoms with Crippen LogP contribution >= 0.6 is 11.3 Å². The molecule has 0 saturated carbocycles. The minimum atomic E-state index is -0.608. The number of carbonyl (C=O) groups is 1. The molecule has 1 aliphatic rings. The first-order valence-corrected chi connectivity index (χ1v) is 9.75. The zero-order valence-corrected chi connectivity index (χ0v) is 15.1. The number of thiophene rings is 1. The first kappa shape index (κ1) is 18.1. The topological polar surface area (TPSA) is 58.4 Å². The number of piperidine rings is 1. The van der Waals surface area contributed by atoms with Gasteiger partial charge in [0.05, 0.1) is 4.88 Å². The van der Waals surface area contributed by atoms with E-state index in [0.29, 0.717) is 30.8 Å². The molecule has 136 valence electrons. The summed E-state index contributed by atoms with van der Waals surface area (Å²) in [5.74, 6) is 0.425. The third-order valence-electron chi connectivity index (χ3n) is 4.46. The number of amides is 1. The van der Waals surface area contributed by atoms with Crippen LogP contribution in [0, 0.1) is 0 Å². The summed E-state index contributed by atoms with van der Waals surface area (Å²) in [7, 11) is 0. The number of halogens is 1. The van der Waals surface area contributed by atoms with Crippen molar-refractivity contribution < 1.29 is 13.7 Å². The van der Waals surface area contributed by atoms with Gasteiger partial charge >= 0.3 is 0 Å². The van der Waals surface area contributed by atoms with Gasteiger partial charge in [0.1, 0.15) is 6.17 Å². The molecule has 1 saturated heterocycles. The Hall–Kier alpha value is -1.73. The molecule has 0 aromatic carbocycles. The number of carbonyl (C=O) groups excluding carboxylic acids is 1. The molecule has 0 bridgehead atoms. The van der Waals surface area contributed by atoms with Crippen molar-refractivity contribution in [3.63, 3.8) is 0 Å². The van der Waals surface area contributed by atoms with Gasteiger partial charge in [-0.1, -0.05) is 17.6 Å². The molecular formula is C18H24FN3O2S. The Morgan fingerprint density at radius 2 is 2.20 bits per heavy atom. The summed E-state index contributed by atoms with van der Waals surface area (Å²) < 4.78 is 18.3. The summed E-state index contributed by atoms with van der Waals surface area (Å²) >= 11 is 1.55. The highest BCUT2D eigenvalue weighted by Crippen LogP contribution is 2.25. The second kappa shape index (κ2) is 9.10. The molecule has 3 rings (SSSR count). The van der Waals surface area contributed by atoms with Crippen molar-refractivity contribution in [1.29, 1.82) is 0 Å². The second-order valence-electron chi connectivity index (χ2n) is 6.39. The van der Waals surface area contributed by atoms with Crippen LogP contribution in [0.2, 0.25) is 0 Å². The van der Waals surface area contributed by atoms with Gasteiger partial charge in [-0.05, 0) is 43.7 Å². The Bertz CT molecular complexity index is 651. The lowest BCUT2D eigenvalue weighted by Crippen LogP contribution is -2.35. The number of hydrogen-bond acceptors (Lipinski definition) is 5. The quantitative estimate of drug-likeness (QED) is 0.724. The van der Waals surface area contributed by atoms with Gasteiger partial charge in [0.15, 0.2) is 11.5 Å². The van der Waals surface area contributed by atoms with Gasteiger partial charge in [-0.25, -0.2) is 4.39 Å². The molecule has 1 amide bonds. The van der Waals surface area contributed by atoms with Gasteiger partial charge in [-0.3, -0.25) is 4.79 Å². The van der Waals surface area contributed by atoms with Crippen LogP contribution < -0.4 is 5.32 Å². The largest absolute Gasteiger partial charge is 0.355 e. The van der Waals surface area contributed by atoms with Crippen molar-refractivity contribution in [2.75, 3.05) is 26.2 Å². The molecule has 0 aliphatic carbocycles. The summed E-state index contributed by atoms with van der Waals surface area (Å²) in [4.78, 5) is 15.4. The predicted molar refractivity (Wildman–Crippen MR) is 96.6 cm³/mol. The summed E-state index contributed by atoms with van der Waals surface area (Å²) in [6.45, 7) is 3.40. The molecule has 1 N–H and O–H groups in total. The van der Waals surface area contributed by atoms with Gasteiger partial charge in [0.2, 0.25) is 0 Å². The van der Waals surface area contributed by atoms with E-state index in [-0.39, 0.29) is 5.91 Å². The Balaban J connectivity index is 1.29. The van der Waals surface area contributed by atoms with Crippen molar-refractivity contribution in [1.82, 2.24) is 15.4 Å². The van der Waals surface area contributed by atoms with Crippen LogP contribution in [-0.4, -0.2) is 48.3 Å². The van der Waals surface area contributed by atoms with E-state index in [9.17, 15) is 9.18 Å². The molecule has 2 aromatic rings. The molecule has 3 heterocycles. The Morgan fingerprint density at radius 3 is 2.96 bits per heavy atom.